The highest BCUT2D eigenvalue weighted by Gasteiger charge is 2.10. The van der Waals surface area contributed by atoms with Crippen molar-refractivity contribution in [3.05, 3.63) is 59.2 Å². The molecule has 2 rings (SSSR count). The van der Waals surface area contributed by atoms with E-state index in [4.69, 9.17) is 5.73 Å². The van der Waals surface area contributed by atoms with Crippen LogP contribution < -0.4 is 11.1 Å². The molecule has 0 saturated carbocycles. The summed E-state index contributed by atoms with van der Waals surface area (Å²) in [7, 11) is 0. The molecule has 2 aromatic carbocycles. The molecule has 3 nitrogen and oxygen atoms in total. The smallest absolute Gasteiger partial charge is 0.228 e. The molecule has 1 amide bonds. The van der Waals surface area contributed by atoms with Crippen molar-refractivity contribution in [3.63, 3.8) is 0 Å². The third-order valence-electron chi connectivity index (χ3n) is 3.61. The Morgan fingerprint density at radius 3 is 2.10 bits per heavy atom. The van der Waals surface area contributed by atoms with Crippen LogP contribution in [0.15, 0.2) is 42.5 Å². The van der Waals surface area contributed by atoms with Gasteiger partial charge in [0.1, 0.15) is 0 Å². The fraction of sp³-hybridized carbons (Fsp3) is 0.278. The lowest BCUT2D eigenvalue weighted by Crippen LogP contribution is -2.17. The number of para-hydroxylation sites is 1. The first-order chi connectivity index (χ1) is 10.1. The number of anilines is 2. The summed E-state index contributed by atoms with van der Waals surface area (Å²) >= 11 is 0. The number of carbonyl (C=O) groups excluding carboxylic acids is 1. The molecule has 0 spiro atoms. The number of nitrogens with one attached hydrogen (secondary N) is 1. The topological polar surface area (TPSA) is 55.1 Å². The van der Waals surface area contributed by atoms with Gasteiger partial charge in [-0.05, 0) is 41.7 Å². The molecule has 0 radical (unpaired) electrons. The minimum absolute atomic E-state index is 0.00960. The van der Waals surface area contributed by atoms with Crippen molar-refractivity contribution >= 4 is 17.3 Å². The lowest BCUT2D eigenvalue weighted by atomic mass is 10.0. The molecule has 0 saturated heterocycles. The molecule has 2 aromatic rings. The molecule has 21 heavy (non-hydrogen) atoms. The zero-order valence-corrected chi connectivity index (χ0v) is 12.6. The van der Waals surface area contributed by atoms with Crippen LogP contribution in [-0.2, 0) is 24.1 Å². The van der Waals surface area contributed by atoms with E-state index in [0.29, 0.717) is 12.1 Å². The predicted molar refractivity (Wildman–Crippen MR) is 88.4 cm³/mol. The molecule has 0 bridgehead atoms. The van der Waals surface area contributed by atoms with Gasteiger partial charge in [-0.15, -0.1) is 0 Å². The number of benzene rings is 2. The van der Waals surface area contributed by atoms with Crippen LogP contribution in [0.1, 0.15) is 30.5 Å². The van der Waals surface area contributed by atoms with Gasteiger partial charge < -0.3 is 11.1 Å². The van der Waals surface area contributed by atoms with E-state index in [-0.39, 0.29) is 5.91 Å². The van der Waals surface area contributed by atoms with Crippen LogP contribution in [0.25, 0.3) is 0 Å². The average molecular weight is 282 g/mol. The van der Waals surface area contributed by atoms with Crippen molar-refractivity contribution in [1.29, 1.82) is 0 Å². The van der Waals surface area contributed by atoms with Gasteiger partial charge in [-0.3, -0.25) is 4.79 Å². The maximum absolute atomic E-state index is 12.3. The minimum atomic E-state index is 0.00960. The number of rotatable bonds is 5. The highest BCUT2D eigenvalue weighted by molar-refractivity contribution is 5.93. The quantitative estimate of drug-likeness (QED) is 0.824. The summed E-state index contributed by atoms with van der Waals surface area (Å²) in [6, 6.07) is 13.6. The van der Waals surface area contributed by atoms with E-state index in [9.17, 15) is 4.79 Å². The van der Waals surface area contributed by atoms with Gasteiger partial charge in [0.25, 0.3) is 0 Å². The molecule has 0 unspecified atom stereocenters. The van der Waals surface area contributed by atoms with Gasteiger partial charge >= 0.3 is 0 Å². The van der Waals surface area contributed by atoms with Crippen LogP contribution in [0.3, 0.4) is 0 Å². The molecule has 0 aliphatic rings. The molecule has 0 fully saturated rings. The van der Waals surface area contributed by atoms with Gasteiger partial charge in [-0.1, -0.05) is 44.2 Å². The van der Waals surface area contributed by atoms with Crippen LogP contribution in [0.4, 0.5) is 11.4 Å². The Hall–Kier alpha value is -2.29. The van der Waals surface area contributed by atoms with Crippen LogP contribution >= 0.6 is 0 Å². The van der Waals surface area contributed by atoms with Crippen LogP contribution in [0.5, 0.6) is 0 Å². The summed E-state index contributed by atoms with van der Waals surface area (Å²) in [5.41, 5.74) is 10.7. The predicted octanol–water partition coefficient (Wildman–Crippen LogP) is 3.57. The Bertz CT molecular complexity index is 595. The first-order valence-electron chi connectivity index (χ1n) is 7.39. The third kappa shape index (κ3) is 3.85. The Morgan fingerprint density at radius 2 is 1.57 bits per heavy atom. The summed E-state index contributed by atoms with van der Waals surface area (Å²) in [5.74, 6) is 0.00960. The van der Waals surface area contributed by atoms with Crippen molar-refractivity contribution in [2.75, 3.05) is 11.1 Å². The zero-order chi connectivity index (χ0) is 15.2. The minimum Gasteiger partial charge on any atom is -0.399 e. The average Bonchev–Trinajstić information content (AvgIpc) is 2.49. The number of aryl methyl sites for hydroxylation is 2. The van der Waals surface area contributed by atoms with E-state index in [1.807, 2.05) is 30.3 Å². The lowest BCUT2D eigenvalue weighted by molar-refractivity contribution is -0.115. The van der Waals surface area contributed by atoms with Crippen molar-refractivity contribution in [3.8, 4) is 0 Å². The fourth-order valence-corrected chi connectivity index (χ4v) is 2.41. The summed E-state index contributed by atoms with van der Waals surface area (Å²) in [4.78, 5) is 12.3. The first kappa shape index (κ1) is 15.1. The van der Waals surface area contributed by atoms with Gasteiger partial charge in [0.2, 0.25) is 5.91 Å². The molecule has 0 aliphatic heterocycles. The third-order valence-corrected chi connectivity index (χ3v) is 3.61. The van der Waals surface area contributed by atoms with E-state index < -0.39 is 0 Å². The molecular formula is C18H22N2O. The second-order valence-corrected chi connectivity index (χ2v) is 5.12. The second-order valence-electron chi connectivity index (χ2n) is 5.12. The number of hydrogen-bond donors (Lipinski definition) is 2. The Kier molecular flexibility index (Phi) is 4.99. The summed E-state index contributed by atoms with van der Waals surface area (Å²) in [5, 5.41) is 3.07. The molecule has 3 heteroatoms. The molecule has 3 N–H and O–H groups in total. The molecule has 110 valence electrons. The molecule has 0 aromatic heterocycles. The standard InChI is InChI=1S/C18H22N2O/c1-3-14-6-5-7-15(4-2)18(14)20-17(21)12-13-8-10-16(19)11-9-13/h5-11H,3-4,12,19H2,1-2H3,(H,20,21). The number of amides is 1. The normalized spacial score (nSPS) is 10.4. The van der Waals surface area contributed by atoms with E-state index in [1.165, 1.54) is 11.1 Å². The fourth-order valence-electron chi connectivity index (χ4n) is 2.41. The van der Waals surface area contributed by atoms with Gasteiger partial charge in [-0.25, -0.2) is 0 Å². The maximum Gasteiger partial charge on any atom is 0.228 e. The molecular weight excluding hydrogens is 260 g/mol. The monoisotopic (exact) mass is 282 g/mol. The molecule has 0 atom stereocenters. The van der Waals surface area contributed by atoms with Gasteiger partial charge in [0, 0.05) is 11.4 Å². The number of nitrogens with two attached hydrogens (primary N) is 1. The summed E-state index contributed by atoms with van der Waals surface area (Å²) in [6.45, 7) is 4.20. The van der Waals surface area contributed by atoms with Crippen molar-refractivity contribution < 1.29 is 4.79 Å². The summed E-state index contributed by atoms with van der Waals surface area (Å²) in [6.07, 6.45) is 2.18. The van der Waals surface area contributed by atoms with E-state index >= 15 is 0 Å². The Labute approximate surface area is 126 Å². The second kappa shape index (κ2) is 6.93. The first-order valence-corrected chi connectivity index (χ1v) is 7.39. The maximum atomic E-state index is 12.3. The highest BCUT2D eigenvalue weighted by atomic mass is 16.1. The van der Waals surface area contributed by atoms with Gasteiger partial charge in [-0.2, -0.15) is 0 Å². The van der Waals surface area contributed by atoms with Crippen molar-refractivity contribution in [1.82, 2.24) is 0 Å². The van der Waals surface area contributed by atoms with E-state index in [1.54, 1.807) is 0 Å². The van der Waals surface area contributed by atoms with Crippen LogP contribution in [0.2, 0.25) is 0 Å². The largest absolute Gasteiger partial charge is 0.399 e. The number of carbonyl (C=O) groups is 1. The van der Waals surface area contributed by atoms with E-state index in [2.05, 4.69) is 31.3 Å². The Balaban J connectivity index is 2.14. The summed E-state index contributed by atoms with van der Waals surface area (Å²) < 4.78 is 0. The van der Waals surface area contributed by atoms with Crippen LogP contribution in [-0.4, -0.2) is 5.91 Å². The van der Waals surface area contributed by atoms with Gasteiger partial charge in [0.15, 0.2) is 0 Å². The van der Waals surface area contributed by atoms with Crippen molar-refractivity contribution in [2.45, 2.75) is 33.1 Å². The SMILES string of the molecule is CCc1cccc(CC)c1NC(=O)Cc1ccc(N)cc1. The number of hydrogen-bond acceptors (Lipinski definition) is 2. The van der Waals surface area contributed by atoms with Crippen molar-refractivity contribution in [2.24, 2.45) is 0 Å². The number of nitrogen functional groups attached to an aromatic ring is 1. The molecule has 0 aliphatic carbocycles. The van der Waals surface area contributed by atoms with E-state index in [0.717, 1.165) is 24.1 Å². The van der Waals surface area contributed by atoms with Gasteiger partial charge in [0.05, 0.1) is 6.42 Å². The lowest BCUT2D eigenvalue weighted by Gasteiger charge is -2.14. The highest BCUT2D eigenvalue weighted by Crippen LogP contribution is 2.22. The Morgan fingerprint density at radius 1 is 1.00 bits per heavy atom. The molecule has 0 heterocycles. The zero-order valence-electron chi connectivity index (χ0n) is 12.6. The van der Waals surface area contributed by atoms with Crippen LogP contribution in [0, 0.1) is 0 Å².